The second-order valence-corrected chi connectivity index (χ2v) is 8.07. The molecule has 3 heterocycles. The highest BCUT2D eigenvalue weighted by atomic mass is 32.2. The quantitative estimate of drug-likeness (QED) is 0.776. The third-order valence-electron chi connectivity index (χ3n) is 4.73. The molecule has 2 aliphatic rings. The van der Waals surface area contributed by atoms with E-state index in [1.54, 1.807) is 12.1 Å². The van der Waals surface area contributed by atoms with Gasteiger partial charge in [-0.3, -0.25) is 14.7 Å². The number of sulfonamides is 1. The second-order valence-electron chi connectivity index (χ2n) is 6.13. The molecule has 0 unspecified atom stereocenters. The Morgan fingerprint density at radius 2 is 2.26 bits per heavy atom. The number of carboxylic acids is 1. The van der Waals surface area contributed by atoms with Crippen LogP contribution < -0.4 is 0 Å². The lowest BCUT2D eigenvalue weighted by atomic mass is 9.81. The van der Waals surface area contributed by atoms with Crippen LogP contribution in [0.1, 0.15) is 0 Å². The Balaban J connectivity index is 1.88. The van der Waals surface area contributed by atoms with E-state index in [-0.39, 0.29) is 23.9 Å². The summed E-state index contributed by atoms with van der Waals surface area (Å²) in [5.41, 5.74) is -1.04. The third-order valence-corrected chi connectivity index (χ3v) is 6.53. The summed E-state index contributed by atoms with van der Waals surface area (Å²) in [5.74, 6) is -1.15. The van der Waals surface area contributed by atoms with Gasteiger partial charge in [0.2, 0.25) is 10.0 Å². The normalized spacial score (nSPS) is 28.6. The van der Waals surface area contributed by atoms with Gasteiger partial charge < -0.3 is 5.11 Å². The fourth-order valence-electron chi connectivity index (χ4n) is 3.58. The maximum Gasteiger partial charge on any atom is 0.312 e. The van der Waals surface area contributed by atoms with Crippen molar-refractivity contribution in [1.82, 2.24) is 14.2 Å². The number of aliphatic carboxylic acids is 1. The van der Waals surface area contributed by atoms with E-state index < -0.39 is 21.4 Å². The van der Waals surface area contributed by atoms with Crippen molar-refractivity contribution in [2.75, 3.05) is 32.7 Å². The lowest BCUT2D eigenvalue weighted by Crippen LogP contribution is -2.42. The minimum atomic E-state index is -3.71. The van der Waals surface area contributed by atoms with Gasteiger partial charge >= 0.3 is 5.97 Å². The molecule has 7 nitrogen and oxygen atoms in total. The monoisotopic (exact) mass is 337 g/mol. The van der Waals surface area contributed by atoms with Crippen molar-refractivity contribution < 1.29 is 18.3 Å². The first-order valence-electron chi connectivity index (χ1n) is 7.37. The molecule has 124 valence electrons. The summed E-state index contributed by atoms with van der Waals surface area (Å²) in [5, 5.41) is 9.73. The second kappa shape index (κ2) is 5.70. The zero-order valence-corrected chi connectivity index (χ0v) is 13.4. The fourth-order valence-corrected chi connectivity index (χ4v) is 5.10. The predicted octanol–water partition coefficient (Wildman–Crippen LogP) is 0.275. The lowest BCUT2D eigenvalue weighted by molar-refractivity contribution is -0.148. The van der Waals surface area contributed by atoms with Crippen molar-refractivity contribution in [1.29, 1.82) is 0 Å². The van der Waals surface area contributed by atoms with Gasteiger partial charge in [0.25, 0.3) is 0 Å². The summed E-state index contributed by atoms with van der Waals surface area (Å²) < 4.78 is 26.7. The maximum atomic E-state index is 12.7. The average Bonchev–Trinajstić information content (AvgIpc) is 3.04. The van der Waals surface area contributed by atoms with Gasteiger partial charge in [-0.2, -0.15) is 4.31 Å². The number of nitrogens with zero attached hydrogens (tertiary/aromatic N) is 3. The van der Waals surface area contributed by atoms with Gasteiger partial charge in [0.1, 0.15) is 4.90 Å². The smallest absolute Gasteiger partial charge is 0.312 e. The Labute approximate surface area is 135 Å². The molecular formula is C15H19N3O4S. The van der Waals surface area contributed by atoms with Crippen LogP contribution >= 0.6 is 0 Å². The van der Waals surface area contributed by atoms with Crippen LogP contribution in [-0.4, -0.2) is 66.4 Å². The molecule has 2 saturated heterocycles. The van der Waals surface area contributed by atoms with Crippen LogP contribution in [0.25, 0.3) is 0 Å². The van der Waals surface area contributed by atoms with Crippen molar-refractivity contribution in [2.24, 2.45) is 11.3 Å². The van der Waals surface area contributed by atoms with Gasteiger partial charge in [-0.25, -0.2) is 8.42 Å². The summed E-state index contributed by atoms with van der Waals surface area (Å²) in [4.78, 5) is 17.8. The Kier molecular flexibility index (Phi) is 3.99. The maximum absolute atomic E-state index is 12.7. The van der Waals surface area contributed by atoms with Crippen LogP contribution in [0.5, 0.6) is 0 Å². The van der Waals surface area contributed by atoms with Crippen LogP contribution in [0, 0.1) is 11.3 Å². The van der Waals surface area contributed by atoms with E-state index in [1.165, 1.54) is 22.8 Å². The number of carboxylic acid groups (broad SMARTS) is 1. The van der Waals surface area contributed by atoms with E-state index >= 15 is 0 Å². The van der Waals surface area contributed by atoms with Crippen molar-refractivity contribution in [3.05, 3.63) is 37.2 Å². The van der Waals surface area contributed by atoms with E-state index in [4.69, 9.17) is 0 Å². The number of likely N-dealkylation sites (tertiary alicyclic amines) is 1. The first kappa shape index (κ1) is 16.1. The molecule has 0 bridgehead atoms. The van der Waals surface area contributed by atoms with Gasteiger partial charge in [0, 0.05) is 51.0 Å². The molecule has 2 aliphatic heterocycles. The van der Waals surface area contributed by atoms with Crippen LogP contribution in [0.15, 0.2) is 42.1 Å². The molecule has 8 heteroatoms. The van der Waals surface area contributed by atoms with Gasteiger partial charge in [-0.15, -0.1) is 6.58 Å². The van der Waals surface area contributed by atoms with Crippen LogP contribution in [0.4, 0.5) is 0 Å². The zero-order valence-electron chi connectivity index (χ0n) is 12.6. The molecule has 1 aromatic heterocycles. The standard InChI is InChI=1S/C15H19N3O4S/c1-2-6-17-8-12-9-18(11-15(12,10-17)14(19)20)23(21,22)13-4-3-5-16-7-13/h2-5,7,12H,1,6,8-11H2,(H,19,20)/t12-,15-/m0/s1. The number of pyridine rings is 1. The minimum Gasteiger partial charge on any atom is -0.481 e. The highest BCUT2D eigenvalue weighted by Crippen LogP contribution is 2.44. The first-order chi connectivity index (χ1) is 10.9. The van der Waals surface area contributed by atoms with E-state index in [1.807, 2.05) is 4.90 Å². The fraction of sp³-hybridized carbons (Fsp3) is 0.467. The van der Waals surface area contributed by atoms with Crippen LogP contribution in [-0.2, 0) is 14.8 Å². The predicted molar refractivity (Wildman–Crippen MR) is 83.2 cm³/mol. The molecule has 0 spiro atoms. The molecule has 1 aromatic rings. The lowest BCUT2D eigenvalue weighted by Gasteiger charge is -2.24. The summed E-state index contributed by atoms with van der Waals surface area (Å²) >= 11 is 0. The van der Waals surface area contributed by atoms with Crippen LogP contribution in [0.3, 0.4) is 0 Å². The third kappa shape index (κ3) is 2.56. The molecule has 0 amide bonds. The van der Waals surface area contributed by atoms with Gasteiger partial charge in [-0.05, 0) is 12.1 Å². The molecular weight excluding hydrogens is 318 g/mol. The zero-order chi connectivity index (χ0) is 16.7. The number of carbonyl (C=O) groups is 1. The molecule has 23 heavy (non-hydrogen) atoms. The summed E-state index contributed by atoms with van der Waals surface area (Å²) in [6, 6.07) is 3.04. The van der Waals surface area contributed by atoms with E-state index in [9.17, 15) is 18.3 Å². The van der Waals surface area contributed by atoms with E-state index in [2.05, 4.69) is 11.6 Å². The Hall–Kier alpha value is -1.77. The van der Waals surface area contributed by atoms with Gasteiger partial charge in [0.05, 0.1) is 5.41 Å². The number of rotatable bonds is 5. The largest absolute Gasteiger partial charge is 0.481 e. The summed E-state index contributed by atoms with van der Waals surface area (Å²) in [6.07, 6.45) is 4.53. The Bertz CT molecular complexity index is 721. The minimum absolute atomic E-state index is 0.00211. The molecule has 2 atom stereocenters. The van der Waals surface area contributed by atoms with Crippen molar-refractivity contribution >= 4 is 16.0 Å². The molecule has 0 aromatic carbocycles. The average molecular weight is 337 g/mol. The summed E-state index contributed by atoms with van der Waals surface area (Å²) in [6.45, 7) is 5.42. The number of hydrogen-bond donors (Lipinski definition) is 1. The van der Waals surface area contributed by atoms with Gasteiger partial charge in [-0.1, -0.05) is 6.08 Å². The first-order valence-corrected chi connectivity index (χ1v) is 8.81. The van der Waals surface area contributed by atoms with E-state index in [0.29, 0.717) is 19.6 Å². The SMILES string of the molecule is C=CCN1C[C@H]2CN(S(=O)(=O)c3cccnc3)C[C@@]2(C(=O)O)C1. The number of fused-ring (bicyclic) bond motifs is 1. The Morgan fingerprint density at radius 3 is 2.83 bits per heavy atom. The van der Waals surface area contributed by atoms with Crippen molar-refractivity contribution in [3.8, 4) is 0 Å². The molecule has 0 saturated carbocycles. The summed E-state index contributed by atoms with van der Waals surface area (Å²) in [7, 11) is -3.71. The highest BCUT2D eigenvalue weighted by molar-refractivity contribution is 7.89. The van der Waals surface area contributed by atoms with E-state index in [0.717, 1.165) is 0 Å². The molecule has 2 fully saturated rings. The number of hydrogen-bond acceptors (Lipinski definition) is 5. The molecule has 1 N–H and O–H groups in total. The molecule has 3 rings (SSSR count). The highest BCUT2D eigenvalue weighted by Gasteiger charge is 2.59. The van der Waals surface area contributed by atoms with Crippen molar-refractivity contribution in [3.63, 3.8) is 0 Å². The number of aromatic nitrogens is 1. The van der Waals surface area contributed by atoms with Crippen molar-refractivity contribution in [2.45, 2.75) is 4.90 Å². The van der Waals surface area contributed by atoms with Gasteiger partial charge in [0.15, 0.2) is 0 Å². The molecule has 0 radical (unpaired) electrons. The van der Waals surface area contributed by atoms with Crippen LogP contribution in [0.2, 0.25) is 0 Å². The topological polar surface area (TPSA) is 90.8 Å². The Morgan fingerprint density at radius 1 is 1.48 bits per heavy atom. The molecule has 0 aliphatic carbocycles.